The van der Waals surface area contributed by atoms with E-state index in [9.17, 15) is 0 Å². The average molecular weight is 425 g/mol. The van der Waals surface area contributed by atoms with Crippen LogP contribution in [0.1, 0.15) is 5.69 Å². The standard InChI is InChI=1S/C30H20N2O/c1-19-30(31-28-11-4-5-18-32(19)28)21-14-12-20(13-15-21)22-16-17-27-29-24(22)8-6-9-25(29)23-7-2-3-10-26(23)33-27/h2-18H,1H3. The van der Waals surface area contributed by atoms with E-state index < -0.39 is 0 Å². The number of aryl methyl sites for hydroxylation is 1. The maximum absolute atomic E-state index is 6.25. The molecular formula is C30H20N2O. The lowest BCUT2D eigenvalue weighted by atomic mass is 9.90. The quantitative estimate of drug-likeness (QED) is 0.282. The lowest BCUT2D eigenvalue weighted by molar-refractivity contribution is 0.487. The van der Waals surface area contributed by atoms with Gasteiger partial charge in [0.15, 0.2) is 0 Å². The Balaban J connectivity index is 1.36. The first kappa shape index (κ1) is 18.2. The molecule has 0 radical (unpaired) electrons. The number of imidazole rings is 1. The Morgan fingerprint density at radius 3 is 2.30 bits per heavy atom. The third-order valence-corrected chi connectivity index (χ3v) is 6.64. The summed E-state index contributed by atoms with van der Waals surface area (Å²) in [5.41, 5.74) is 9.02. The fraction of sp³-hybridized carbons (Fsp3) is 0.0333. The molecule has 4 aromatic carbocycles. The number of rotatable bonds is 2. The number of pyridine rings is 1. The summed E-state index contributed by atoms with van der Waals surface area (Å²) in [6, 6.07) is 33.9. The minimum absolute atomic E-state index is 0.914. The number of hydrogen-bond donors (Lipinski definition) is 0. The van der Waals surface area contributed by atoms with Gasteiger partial charge in [0.2, 0.25) is 0 Å². The van der Waals surface area contributed by atoms with Crippen molar-refractivity contribution in [3.05, 3.63) is 109 Å². The van der Waals surface area contributed by atoms with Crippen LogP contribution in [0.5, 0.6) is 11.5 Å². The zero-order valence-electron chi connectivity index (χ0n) is 18.1. The average Bonchev–Trinajstić information content (AvgIpc) is 3.21. The molecule has 0 unspecified atom stereocenters. The maximum Gasteiger partial charge on any atom is 0.137 e. The van der Waals surface area contributed by atoms with Crippen LogP contribution in [0.25, 0.3) is 49.9 Å². The highest BCUT2D eigenvalue weighted by atomic mass is 16.5. The second-order valence-corrected chi connectivity index (χ2v) is 8.49. The first-order valence-corrected chi connectivity index (χ1v) is 11.2. The van der Waals surface area contributed by atoms with Gasteiger partial charge in [-0.05, 0) is 53.3 Å². The van der Waals surface area contributed by atoms with Crippen molar-refractivity contribution in [3.8, 4) is 45.0 Å². The van der Waals surface area contributed by atoms with E-state index in [-0.39, 0.29) is 0 Å². The topological polar surface area (TPSA) is 26.5 Å². The van der Waals surface area contributed by atoms with Crippen molar-refractivity contribution in [1.82, 2.24) is 9.38 Å². The van der Waals surface area contributed by atoms with Crippen LogP contribution in [0, 0.1) is 6.92 Å². The summed E-state index contributed by atoms with van der Waals surface area (Å²) in [4.78, 5) is 4.84. The number of para-hydroxylation sites is 1. The summed E-state index contributed by atoms with van der Waals surface area (Å²) in [6.07, 6.45) is 2.06. The molecule has 3 heteroatoms. The number of hydrogen-bond acceptors (Lipinski definition) is 2. The Morgan fingerprint density at radius 1 is 0.636 bits per heavy atom. The highest BCUT2D eigenvalue weighted by Gasteiger charge is 2.21. The monoisotopic (exact) mass is 424 g/mol. The summed E-state index contributed by atoms with van der Waals surface area (Å²) in [5.74, 6) is 1.83. The Labute approximate surface area is 191 Å². The van der Waals surface area contributed by atoms with Gasteiger partial charge in [0, 0.05) is 28.4 Å². The minimum Gasteiger partial charge on any atom is -0.456 e. The molecule has 1 aliphatic heterocycles. The number of nitrogens with zero attached hydrogens (tertiary/aromatic N) is 2. The molecule has 0 amide bonds. The first-order valence-electron chi connectivity index (χ1n) is 11.2. The van der Waals surface area contributed by atoms with Crippen molar-refractivity contribution in [2.24, 2.45) is 0 Å². The maximum atomic E-state index is 6.25. The van der Waals surface area contributed by atoms with Gasteiger partial charge in [-0.3, -0.25) is 0 Å². The molecule has 3 heterocycles. The zero-order valence-corrected chi connectivity index (χ0v) is 18.1. The summed E-state index contributed by atoms with van der Waals surface area (Å²) in [5, 5.41) is 2.38. The van der Waals surface area contributed by atoms with Crippen LogP contribution >= 0.6 is 0 Å². The lowest BCUT2D eigenvalue weighted by Crippen LogP contribution is -1.97. The molecule has 33 heavy (non-hydrogen) atoms. The molecule has 0 aliphatic carbocycles. The number of ether oxygens (including phenoxy) is 1. The second kappa shape index (κ2) is 6.81. The number of fused-ring (bicyclic) bond motifs is 3. The van der Waals surface area contributed by atoms with E-state index in [0.29, 0.717) is 0 Å². The largest absolute Gasteiger partial charge is 0.456 e. The predicted octanol–water partition coefficient (Wildman–Crippen LogP) is 7.90. The molecule has 0 N–H and O–H groups in total. The normalized spacial score (nSPS) is 12.0. The highest BCUT2D eigenvalue weighted by molar-refractivity contribution is 6.09. The molecule has 0 saturated carbocycles. The van der Waals surface area contributed by atoms with Crippen molar-refractivity contribution in [2.45, 2.75) is 6.92 Å². The summed E-state index contributed by atoms with van der Waals surface area (Å²) < 4.78 is 8.38. The van der Waals surface area contributed by atoms with Gasteiger partial charge in [0.25, 0.3) is 0 Å². The van der Waals surface area contributed by atoms with Gasteiger partial charge in [0.1, 0.15) is 17.1 Å². The van der Waals surface area contributed by atoms with E-state index in [1.165, 1.54) is 27.5 Å². The molecular weight excluding hydrogens is 404 g/mol. The van der Waals surface area contributed by atoms with Gasteiger partial charge in [-0.2, -0.15) is 0 Å². The summed E-state index contributed by atoms with van der Waals surface area (Å²) in [7, 11) is 0. The zero-order chi connectivity index (χ0) is 21.9. The molecule has 3 nitrogen and oxygen atoms in total. The van der Waals surface area contributed by atoms with E-state index in [0.717, 1.165) is 39.7 Å². The number of benzene rings is 4. The fourth-order valence-corrected chi connectivity index (χ4v) is 5.03. The van der Waals surface area contributed by atoms with Crippen LogP contribution in [0.15, 0.2) is 103 Å². The molecule has 0 atom stereocenters. The van der Waals surface area contributed by atoms with Crippen LogP contribution in [0.2, 0.25) is 0 Å². The smallest absolute Gasteiger partial charge is 0.137 e. The summed E-state index contributed by atoms with van der Waals surface area (Å²) in [6.45, 7) is 2.12. The molecule has 156 valence electrons. The third kappa shape index (κ3) is 2.66. The van der Waals surface area contributed by atoms with Gasteiger partial charge in [0.05, 0.1) is 5.69 Å². The van der Waals surface area contributed by atoms with E-state index in [4.69, 9.17) is 9.72 Å². The molecule has 0 bridgehead atoms. The Hall–Kier alpha value is -4.37. The van der Waals surface area contributed by atoms with Crippen molar-refractivity contribution in [1.29, 1.82) is 0 Å². The fourth-order valence-electron chi connectivity index (χ4n) is 5.03. The van der Waals surface area contributed by atoms with Crippen LogP contribution in [-0.2, 0) is 0 Å². The molecule has 0 fully saturated rings. The Morgan fingerprint density at radius 2 is 1.42 bits per heavy atom. The minimum atomic E-state index is 0.914. The van der Waals surface area contributed by atoms with Crippen LogP contribution in [0.3, 0.4) is 0 Å². The molecule has 7 rings (SSSR count). The van der Waals surface area contributed by atoms with Crippen LogP contribution in [-0.4, -0.2) is 9.38 Å². The van der Waals surface area contributed by atoms with E-state index in [1.807, 2.05) is 30.3 Å². The highest BCUT2D eigenvalue weighted by Crippen LogP contribution is 2.48. The summed E-state index contributed by atoms with van der Waals surface area (Å²) >= 11 is 0. The van der Waals surface area contributed by atoms with Gasteiger partial charge >= 0.3 is 0 Å². The predicted molar refractivity (Wildman–Crippen MR) is 134 cm³/mol. The van der Waals surface area contributed by atoms with Crippen LogP contribution < -0.4 is 4.74 Å². The van der Waals surface area contributed by atoms with E-state index >= 15 is 0 Å². The third-order valence-electron chi connectivity index (χ3n) is 6.64. The van der Waals surface area contributed by atoms with Gasteiger partial charge < -0.3 is 9.14 Å². The van der Waals surface area contributed by atoms with Gasteiger partial charge in [-0.1, -0.05) is 72.8 Å². The van der Waals surface area contributed by atoms with Crippen molar-refractivity contribution in [2.75, 3.05) is 0 Å². The number of aromatic nitrogens is 2. The SMILES string of the molecule is Cc1c(-c2ccc(-c3ccc4c5c(cccc35)-c3ccccc3O4)cc2)nc2ccccn12. The molecule has 2 aromatic heterocycles. The lowest BCUT2D eigenvalue weighted by Gasteiger charge is -2.22. The second-order valence-electron chi connectivity index (χ2n) is 8.49. The Bertz CT molecular complexity index is 1690. The van der Waals surface area contributed by atoms with E-state index in [1.54, 1.807) is 0 Å². The van der Waals surface area contributed by atoms with Crippen molar-refractivity contribution in [3.63, 3.8) is 0 Å². The molecule has 1 aliphatic rings. The van der Waals surface area contributed by atoms with Gasteiger partial charge in [-0.15, -0.1) is 0 Å². The molecule has 6 aromatic rings. The first-order chi connectivity index (χ1) is 16.3. The van der Waals surface area contributed by atoms with Crippen molar-refractivity contribution < 1.29 is 4.74 Å². The van der Waals surface area contributed by atoms with Crippen molar-refractivity contribution >= 4 is 16.4 Å². The van der Waals surface area contributed by atoms with Crippen LogP contribution in [0.4, 0.5) is 0 Å². The Kier molecular flexibility index (Phi) is 3.76. The van der Waals surface area contributed by atoms with Gasteiger partial charge in [-0.25, -0.2) is 4.98 Å². The molecule has 0 spiro atoms. The molecule has 0 saturated heterocycles. The van der Waals surface area contributed by atoms with E-state index in [2.05, 4.69) is 84.3 Å².